The van der Waals surface area contributed by atoms with Crippen LogP contribution in [-0.2, 0) is 30.1 Å². The van der Waals surface area contributed by atoms with Crippen LogP contribution in [0.5, 0.6) is 0 Å². The molecule has 2 aliphatic carbocycles. The number of allylic oxidation sites excluding steroid dienone is 4. The van der Waals surface area contributed by atoms with Crippen LogP contribution in [0.3, 0.4) is 0 Å². The van der Waals surface area contributed by atoms with Gasteiger partial charge in [0.1, 0.15) is 0 Å². The van der Waals surface area contributed by atoms with Gasteiger partial charge in [-0.3, -0.25) is 0 Å². The summed E-state index contributed by atoms with van der Waals surface area (Å²) >= 11 is -1.50. The molecule has 0 N–H and O–H groups in total. The monoisotopic (exact) mass is 1010 g/mol. The summed E-state index contributed by atoms with van der Waals surface area (Å²) in [4.78, 5) is 2.46. The van der Waals surface area contributed by atoms with Gasteiger partial charge in [-0.2, -0.15) is 0 Å². The second-order valence-electron chi connectivity index (χ2n) is 19.3. The van der Waals surface area contributed by atoms with Crippen molar-refractivity contribution in [3.8, 4) is 33.4 Å². The normalized spacial score (nSPS) is 18.0. The zero-order valence-electron chi connectivity index (χ0n) is 40.5. The minimum absolute atomic E-state index is 0.441. The molecule has 0 spiro atoms. The molecule has 70 heavy (non-hydrogen) atoms. The predicted octanol–water partition coefficient (Wildman–Crippen LogP) is 17.7. The van der Waals surface area contributed by atoms with Crippen LogP contribution in [0.2, 0.25) is 0 Å². The van der Waals surface area contributed by atoms with E-state index in [-0.39, 0.29) is 0 Å². The van der Waals surface area contributed by atoms with E-state index in [2.05, 4.69) is 258 Å². The molecule has 1 aliphatic heterocycles. The molecule has 0 bridgehead atoms. The number of aryl methyl sites for hydroxylation is 3. The van der Waals surface area contributed by atoms with Crippen LogP contribution in [-0.4, -0.2) is 4.93 Å². The third-order valence-corrected chi connectivity index (χ3v) is 18.7. The molecule has 0 saturated heterocycles. The van der Waals surface area contributed by atoms with Crippen LogP contribution < -0.4 is 0 Å². The van der Waals surface area contributed by atoms with Gasteiger partial charge in [-0.1, -0.05) is 117 Å². The molecular weight excluding hydrogens is 956 g/mol. The van der Waals surface area contributed by atoms with Crippen molar-refractivity contribution in [1.29, 1.82) is 0 Å². The average Bonchev–Trinajstić information content (AvgIpc) is 3.77. The number of halogens is 1. The molecule has 0 aromatic heterocycles. The zero-order valence-corrected chi connectivity index (χ0v) is 42.7. The first-order valence-corrected chi connectivity index (χ1v) is 29.6. The predicted molar refractivity (Wildman–Crippen MR) is 305 cm³/mol. The Morgan fingerprint density at radius 3 is 1.81 bits per heavy atom. The third-order valence-electron chi connectivity index (χ3n) is 15.6. The van der Waals surface area contributed by atoms with Crippen LogP contribution in [0, 0.1) is 6.92 Å². The standard InChI is InChI=1S/C69H57I/c1-5-49-24-13-14-34-58(49)66-50(6-2)25-19-27-53(66)42-48-23-18-32-56(43-48)69(55-30-11-8-12-31-55)64-40-39-52(45-62(64)61-36-17-22-47(3)67(61)69)51-26-20-33-57(44-51)68(54-28-9-7-10-29-54)63-38-16-15-35-59(63)60-37-21-41-70(4)46-65(60)68/h7-41,43-46H,5-6,42H2,1-4H3. The Kier molecular flexibility index (Phi) is 11.4. The van der Waals surface area contributed by atoms with E-state index < -0.39 is 30.6 Å². The van der Waals surface area contributed by atoms with E-state index in [0.717, 1.165) is 19.3 Å². The molecule has 3 aliphatic rings. The van der Waals surface area contributed by atoms with Gasteiger partial charge in [-0.15, -0.1) is 0 Å². The summed E-state index contributed by atoms with van der Waals surface area (Å²) in [5.41, 5.74) is 27.1. The minimum Gasteiger partial charge on any atom is -0.0539 e. The van der Waals surface area contributed by atoms with Crippen LogP contribution in [0.15, 0.2) is 238 Å². The Morgan fingerprint density at radius 2 is 1.03 bits per heavy atom. The molecule has 0 amide bonds. The van der Waals surface area contributed by atoms with Crippen LogP contribution in [0.25, 0.3) is 39.0 Å². The molecule has 0 radical (unpaired) electrons. The molecule has 2 atom stereocenters. The number of alkyl halides is 1. The summed E-state index contributed by atoms with van der Waals surface area (Å²) in [6.07, 6.45) is 7.55. The minimum atomic E-state index is -1.50. The average molecular weight is 1010 g/mol. The quantitative estimate of drug-likeness (QED) is 0.0946. The van der Waals surface area contributed by atoms with Gasteiger partial charge in [0.05, 0.1) is 0 Å². The molecule has 0 fully saturated rings. The van der Waals surface area contributed by atoms with E-state index >= 15 is 0 Å². The molecule has 0 saturated carbocycles. The van der Waals surface area contributed by atoms with Crippen molar-refractivity contribution in [2.75, 3.05) is 4.93 Å². The van der Waals surface area contributed by atoms with Gasteiger partial charge < -0.3 is 0 Å². The van der Waals surface area contributed by atoms with E-state index in [9.17, 15) is 0 Å². The SMILES string of the molecule is CCc1ccccc1-c1c(CC)cccc1Cc1cccc(C2(c3ccccc3)c3ccc(-c4cccc(C5(c6ccccc6)C6=CI(C)C=CC=C6c6ccccc65)c4)cc3-c3cccc(C)c32)c1. The second kappa shape index (κ2) is 18.0. The third kappa shape index (κ3) is 6.91. The zero-order chi connectivity index (χ0) is 47.4. The Balaban J connectivity index is 1.03. The van der Waals surface area contributed by atoms with E-state index in [4.69, 9.17) is 0 Å². The molecule has 1 heterocycles. The number of hydrogen-bond acceptors (Lipinski definition) is 0. The molecule has 340 valence electrons. The molecule has 12 rings (SSSR count). The van der Waals surface area contributed by atoms with Gasteiger partial charge >= 0.3 is 249 Å². The van der Waals surface area contributed by atoms with Crippen molar-refractivity contribution in [1.82, 2.24) is 0 Å². The number of benzene rings is 9. The summed E-state index contributed by atoms with van der Waals surface area (Å²) in [7, 11) is 0. The summed E-state index contributed by atoms with van der Waals surface area (Å²) in [5, 5.41) is 0. The largest absolute Gasteiger partial charge is 0.0539 e. The van der Waals surface area contributed by atoms with Gasteiger partial charge in [-0.25, -0.2) is 0 Å². The first kappa shape index (κ1) is 44.2. The summed E-state index contributed by atoms with van der Waals surface area (Å²) in [5.74, 6) is 0. The molecular formula is C69H57I. The van der Waals surface area contributed by atoms with E-state index in [1.54, 1.807) is 0 Å². The second-order valence-corrected chi connectivity index (χ2v) is 23.8. The summed E-state index contributed by atoms with van der Waals surface area (Å²) in [6, 6.07) is 81.1. The molecule has 2 unspecified atom stereocenters. The van der Waals surface area contributed by atoms with Gasteiger partial charge in [0.25, 0.3) is 0 Å². The number of fused-ring (bicyclic) bond motifs is 6. The fourth-order valence-corrected chi connectivity index (χ4v) is 15.5. The molecule has 9 aromatic carbocycles. The molecule has 1 heteroatoms. The maximum absolute atomic E-state index is 2.67. The van der Waals surface area contributed by atoms with E-state index in [0.29, 0.717) is 0 Å². The maximum Gasteiger partial charge on any atom is -0.0539 e. The Morgan fingerprint density at radius 1 is 0.443 bits per heavy atom. The van der Waals surface area contributed by atoms with Crippen molar-refractivity contribution < 1.29 is 0 Å². The van der Waals surface area contributed by atoms with Crippen molar-refractivity contribution in [3.63, 3.8) is 0 Å². The van der Waals surface area contributed by atoms with Crippen LogP contribution >= 0.6 is 19.8 Å². The fourth-order valence-electron chi connectivity index (χ4n) is 12.6. The van der Waals surface area contributed by atoms with Gasteiger partial charge in [0.15, 0.2) is 0 Å². The fraction of sp³-hybridized carbons (Fsp3) is 0.130. The smallest absolute Gasteiger partial charge is 0.0539 e. The summed E-state index contributed by atoms with van der Waals surface area (Å²) < 4.78 is 5.14. The van der Waals surface area contributed by atoms with Crippen LogP contribution in [0.1, 0.15) is 86.2 Å². The first-order chi connectivity index (χ1) is 34.4. The van der Waals surface area contributed by atoms with Gasteiger partial charge in [-0.05, 0) is 59.6 Å². The molecule has 9 aromatic rings. The number of hydrogen-bond donors (Lipinski definition) is 0. The van der Waals surface area contributed by atoms with Crippen molar-refractivity contribution in [2.24, 2.45) is 0 Å². The number of rotatable bonds is 10. The summed E-state index contributed by atoms with van der Waals surface area (Å²) in [6.45, 7) is 6.88. The maximum atomic E-state index is 2.67. The first-order valence-electron chi connectivity index (χ1n) is 25.0. The topological polar surface area (TPSA) is 0 Å². The Hall–Kier alpha value is -7.07. The molecule has 0 nitrogen and oxygen atoms in total. The van der Waals surface area contributed by atoms with Crippen LogP contribution in [0.4, 0.5) is 0 Å². The van der Waals surface area contributed by atoms with Crippen molar-refractivity contribution in [3.05, 3.63) is 311 Å². The van der Waals surface area contributed by atoms with E-state index in [1.165, 1.54) is 117 Å². The Labute approximate surface area is 422 Å². The van der Waals surface area contributed by atoms with Gasteiger partial charge in [0, 0.05) is 0 Å². The van der Waals surface area contributed by atoms with E-state index in [1.807, 2.05) is 0 Å². The Bertz CT molecular complexity index is 3570. The van der Waals surface area contributed by atoms with Crippen molar-refractivity contribution >= 4 is 25.4 Å². The van der Waals surface area contributed by atoms with Gasteiger partial charge in [0.2, 0.25) is 0 Å². The van der Waals surface area contributed by atoms with Crippen molar-refractivity contribution in [2.45, 2.75) is 50.9 Å².